The zero-order valence-corrected chi connectivity index (χ0v) is 37.3. The maximum atomic E-state index is 14.1. The summed E-state index contributed by atoms with van der Waals surface area (Å²) in [5, 5.41) is 45.5. The Morgan fingerprint density at radius 2 is 1.60 bits per heavy atom. The highest BCUT2D eigenvalue weighted by atomic mass is 16.8. The Labute approximate surface area is 365 Å². The monoisotopic (exact) mass is 874 g/mol. The first-order valence-corrected chi connectivity index (χ1v) is 23.5. The first-order valence-electron chi connectivity index (χ1n) is 23.5. The highest BCUT2D eigenvalue weighted by molar-refractivity contribution is 5.86. The normalized spacial score (nSPS) is 55.0. The molecular formula is C47H70O15. The molecule has 0 aliphatic carbocycles. The summed E-state index contributed by atoms with van der Waals surface area (Å²) in [7, 11) is 0. The van der Waals surface area contributed by atoms with Crippen LogP contribution in [0.25, 0.3) is 0 Å². The van der Waals surface area contributed by atoms with Crippen molar-refractivity contribution in [3.05, 3.63) is 23.8 Å². The molecule has 8 fully saturated rings. The van der Waals surface area contributed by atoms with Crippen LogP contribution in [0.5, 0.6) is 0 Å². The number of esters is 1. The van der Waals surface area contributed by atoms with E-state index in [9.17, 15) is 30.0 Å². The number of carbonyl (C=O) groups is 2. The van der Waals surface area contributed by atoms with Crippen LogP contribution in [0, 0.1) is 17.8 Å². The first-order chi connectivity index (χ1) is 29.3. The van der Waals surface area contributed by atoms with Gasteiger partial charge in [-0.2, -0.15) is 0 Å². The fraction of sp³-hybridized carbons (Fsp3) is 0.872. The molecule has 0 radical (unpaired) electrons. The van der Waals surface area contributed by atoms with Crippen molar-refractivity contribution in [2.75, 3.05) is 13.2 Å². The van der Waals surface area contributed by atoms with Gasteiger partial charge in [0.05, 0.1) is 48.6 Å². The number of allylic oxidation sites excluding steroid dienone is 3. The number of hydrogen-bond acceptors (Lipinski definition) is 15. The van der Waals surface area contributed by atoms with Gasteiger partial charge in [-0.15, -0.1) is 0 Å². The van der Waals surface area contributed by atoms with Gasteiger partial charge in [-0.3, -0.25) is 9.59 Å². The molecule has 0 aromatic heterocycles. The largest absolute Gasteiger partial charge is 0.459 e. The van der Waals surface area contributed by atoms with Crippen LogP contribution < -0.4 is 0 Å². The van der Waals surface area contributed by atoms with Crippen LogP contribution in [0.4, 0.5) is 0 Å². The number of aliphatic hydroxyl groups excluding tert-OH is 3. The summed E-state index contributed by atoms with van der Waals surface area (Å²) in [5.74, 6) is -5.63. The molecule has 4 N–H and O–H groups in total. The third kappa shape index (κ3) is 8.09. The molecule has 348 valence electrons. The number of Topliss-reactive ketones (excluding diaryl/α,β-unsaturated/α-hetero) is 1. The average Bonchev–Trinajstić information content (AvgIpc) is 4.06. The Balaban J connectivity index is 1.01. The standard InChI is InChI=1S/C47H70O15/c1-26-9-10-32-34(21-37(55-32)47(53)39(50)28(3)13-19-54-47)56-41(52)29(4)31-8-7-14-45(57-31)16-11-33(58-45)40(51)43(6)23-30(49)38(61-43)35-24-44(25-48)17-18-46(59-35,62-44)36-12-15-42(5,60-36)22-27(2)20-26/h9-10,20,27-29,31-40,48,50-51,53H,7-8,11-19,21-25H2,1-6H3/b10-9+,26-20-/t27-,28+,29+,31-,32+,33-,34+,35-,36-,37+,38-,39+,40-,42+,43+,44-,45-,46-,47+/m1/s1. The van der Waals surface area contributed by atoms with Gasteiger partial charge in [0.25, 0.3) is 0 Å². The molecular weight excluding hydrogens is 805 g/mol. The minimum absolute atomic E-state index is 0.0379. The molecule has 62 heavy (non-hydrogen) atoms. The Morgan fingerprint density at radius 3 is 2.39 bits per heavy atom. The van der Waals surface area contributed by atoms with Crippen molar-refractivity contribution in [2.24, 2.45) is 17.8 Å². The highest BCUT2D eigenvalue weighted by Crippen LogP contribution is 2.55. The summed E-state index contributed by atoms with van der Waals surface area (Å²) in [6.07, 6.45) is 4.76. The summed E-state index contributed by atoms with van der Waals surface area (Å²) < 4.78 is 58.8. The van der Waals surface area contributed by atoms with Gasteiger partial charge < -0.3 is 63.1 Å². The Bertz CT molecular complexity index is 1770. The van der Waals surface area contributed by atoms with E-state index in [0.29, 0.717) is 57.8 Å². The van der Waals surface area contributed by atoms with E-state index in [0.717, 1.165) is 18.4 Å². The quantitative estimate of drug-likeness (QED) is 0.288. The molecule has 0 amide bonds. The highest BCUT2D eigenvalue weighted by Gasteiger charge is 2.66. The maximum Gasteiger partial charge on any atom is 0.311 e. The summed E-state index contributed by atoms with van der Waals surface area (Å²) in [6, 6.07) is 0. The van der Waals surface area contributed by atoms with E-state index in [1.807, 2.05) is 26.0 Å². The van der Waals surface area contributed by atoms with Crippen molar-refractivity contribution < 1.29 is 72.6 Å². The third-order valence-corrected chi connectivity index (χ3v) is 16.0. The van der Waals surface area contributed by atoms with E-state index >= 15 is 0 Å². The molecule has 8 saturated heterocycles. The molecule has 10 bridgehead atoms. The number of ketones is 1. The van der Waals surface area contributed by atoms with E-state index in [1.54, 1.807) is 13.8 Å². The number of carbonyl (C=O) groups excluding carboxylic acids is 2. The number of fused-ring (bicyclic) bond motifs is 10. The van der Waals surface area contributed by atoms with Gasteiger partial charge in [0.15, 0.2) is 17.4 Å². The number of ether oxygens (including phenoxy) is 9. The molecule has 9 heterocycles. The first kappa shape index (κ1) is 45.3. The van der Waals surface area contributed by atoms with Crippen LogP contribution in [0.3, 0.4) is 0 Å². The molecule has 0 unspecified atom stereocenters. The lowest BCUT2D eigenvalue weighted by molar-refractivity contribution is -0.365. The van der Waals surface area contributed by atoms with Crippen molar-refractivity contribution in [1.82, 2.24) is 0 Å². The zero-order chi connectivity index (χ0) is 44.0. The van der Waals surface area contributed by atoms with Crippen molar-refractivity contribution in [3.8, 4) is 0 Å². The molecule has 9 aliphatic rings. The molecule has 9 rings (SSSR count). The maximum absolute atomic E-state index is 14.1. The van der Waals surface area contributed by atoms with Crippen LogP contribution in [-0.2, 0) is 52.2 Å². The van der Waals surface area contributed by atoms with Gasteiger partial charge in [0.2, 0.25) is 5.79 Å². The predicted octanol–water partition coefficient (Wildman–Crippen LogP) is 4.23. The van der Waals surface area contributed by atoms with Crippen LogP contribution in [-0.4, -0.2) is 141 Å². The SMILES string of the molecule is CC1=C/[C@@H](C)C[C@]2(C)CC[C@@H](O2)[C@]23CC[C@](CO)(C[C@@H](O2)[C@@H]2O[C@@](C)(CC2=O)[C@H](O)[C@H]2CC[C@@]4(CCC[C@@H](O4)[C@H](C)C(=O)O[C@H]4C[C@@H]([C@]5(O)OCC[C@H](C)[C@@H]5O)O[C@H]4\C=C\1)O2)O3. The number of hydrogen-bond donors (Lipinski definition) is 4. The molecule has 0 aromatic rings. The van der Waals surface area contributed by atoms with Crippen molar-refractivity contribution in [2.45, 2.75) is 227 Å². The van der Waals surface area contributed by atoms with Crippen LogP contribution in [0.1, 0.15) is 131 Å². The van der Waals surface area contributed by atoms with Crippen molar-refractivity contribution in [1.29, 1.82) is 0 Å². The summed E-state index contributed by atoms with van der Waals surface area (Å²) in [4.78, 5) is 28.0. The zero-order valence-electron chi connectivity index (χ0n) is 37.3. The third-order valence-electron chi connectivity index (χ3n) is 16.0. The second-order valence-corrected chi connectivity index (χ2v) is 21.2. The fourth-order valence-electron chi connectivity index (χ4n) is 12.5. The molecule has 2 spiro atoms. The minimum atomic E-state index is -1.97. The van der Waals surface area contributed by atoms with Crippen LogP contribution >= 0.6 is 0 Å². The van der Waals surface area contributed by atoms with Gasteiger partial charge in [-0.1, -0.05) is 37.6 Å². The molecule has 15 nitrogen and oxygen atoms in total. The number of rotatable bonds is 2. The molecule has 15 heteroatoms. The van der Waals surface area contributed by atoms with E-state index in [2.05, 4.69) is 19.9 Å². The van der Waals surface area contributed by atoms with Gasteiger partial charge in [0, 0.05) is 38.5 Å². The second-order valence-electron chi connectivity index (χ2n) is 21.2. The van der Waals surface area contributed by atoms with Gasteiger partial charge in [-0.25, -0.2) is 0 Å². The topological polar surface area (TPSA) is 198 Å². The van der Waals surface area contributed by atoms with Gasteiger partial charge in [-0.05, 0) is 90.9 Å². The second kappa shape index (κ2) is 16.5. The van der Waals surface area contributed by atoms with Crippen LogP contribution in [0.15, 0.2) is 23.8 Å². The summed E-state index contributed by atoms with van der Waals surface area (Å²) in [5.41, 5.74) is -1.73. The predicted molar refractivity (Wildman–Crippen MR) is 219 cm³/mol. The minimum Gasteiger partial charge on any atom is -0.459 e. The summed E-state index contributed by atoms with van der Waals surface area (Å²) >= 11 is 0. The van der Waals surface area contributed by atoms with Crippen LogP contribution in [0.2, 0.25) is 0 Å². The van der Waals surface area contributed by atoms with E-state index in [-0.39, 0.29) is 50.1 Å². The average molecular weight is 875 g/mol. The van der Waals surface area contributed by atoms with E-state index in [1.165, 1.54) is 0 Å². The lowest BCUT2D eigenvalue weighted by atomic mass is 9.87. The van der Waals surface area contributed by atoms with Crippen molar-refractivity contribution >= 4 is 11.8 Å². The van der Waals surface area contributed by atoms with Crippen molar-refractivity contribution in [3.63, 3.8) is 0 Å². The molecule has 19 atom stereocenters. The smallest absolute Gasteiger partial charge is 0.311 e. The molecule has 0 saturated carbocycles. The summed E-state index contributed by atoms with van der Waals surface area (Å²) in [6.45, 7) is 11.7. The fourth-order valence-corrected chi connectivity index (χ4v) is 12.5. The Hall–Kier alpha value is -1.86. The lowest BCUT2D eigenvalue weighted by Crippen LogP contribution is -2.59. The lowest BCUT2D eigenvalue weighted by Gasteiger charge is -2.47. The van der Waals surface area contributed by atoms with E-state index < -0.39 is 107 Å². The van der Waals surface area contributed by atoms with Gasteiger partial charge in [0.1, 0.15) is 48.3 Å². The van der Waals surface area contributed by atoms with E-state index in [4.69, 9.17) is 42.6 Å². The Kier molecular flexibility index (Phi) is 12.0. The number of aliphatic hydroxyl groups is 4. The molecule has 0 aromatic carbocycles. The van der Waals surface area contributed by atoms with Gasteiger partial charge >= 0.3 is 5.97 Å². The molecule has 9 aliphatic heterocycles. The Morgan fingerprint density at radius 1 is 0.806 bits per heavy atom.